The van der Waals surface area contributed by atoms with Crippen molar-refractivity contribution in [1.82, 2.24) is 14.8 Å². The lowest BCUT2D eigenvalue weighted by molar-refractivity contribution is -0.137. The van der Waals surface area contributed by atoms with E-state index in [0.29, 0.717) is 5.91 Å². The van der Waals surface area contributed by atoms with Crippen LogP contribution in [0.2, 0.25) is 0 Å². The summed E-state index contributed by atoms with van der Waals surface area (Å²) in [4.78, 5) is 24.0. The summed E-state index contributed by atoms with van der Waals surface area (Å²) < 4.78 is 5.45. The predicted molar refractivity (Wildman–Crippen MR) is 97.6 cm³/mol. The molecule has 2 aromatic heterocycles. The van der Waals surface area contributed by atoms with E-state index in [1.165, 1.54) is 0 Å². The van der Waals surface area contributed by atoms with Gasteiger partial charge in [-0.25, -0.2) is 4.98 Å². The van der Waals surface area contributed by atoms with Crippen molar-refractivity contribution in [3.05, 3.63) is 35.7 Å². The van der Waals surface area contributed by atoms with Crippen LogP contribution in [0.3, 0.4) is 0 Å². The van der Waals surface area contributed by atoms with Gasteiger partial charge < -0.3 is 14.2 Å². The van der Waals surface area contributed by atoms with E-state index in [1.54, 1.807) is 17.6 Å². The molecule has 1 atom stereocenters. The van der Waals surface area contributed by atoms with Crippen LogP contribution < -0.4 is 4.90 Å². The first-order valence-electron chi connectivity index (χ1n) is 8.97. The molecule has 0 aliphatic carbocycles. The van der Waals surface area contributed by atoms with Gasteiger partial charge >= 0.3 is 0 Å². The van der Waals surface area contributed by atoms with Gasteiger partial charge in [0.05, 0.1) is 18.7 Å². The minimum absolute atomic E-state index is 0.120. The van der Waals surface area contributed by atoms with Gasteiger partial charge in [-0.1, -0.05) is 0 Å². The van der Waals surface area contributed by atoms with E-state index in [4.69, 9.17) is 4.42 Å². The maximum absolute atomic E-state index is 12.9. The van der Waals surface area contributed by atoms with Crippen LogP contribution in [0.25, 0.3) is 0 Å². The Kier molecular flexibility index (Phi) is 5.03. The standard InChI is InChI=1S/C18H24N4O2S/c23-17(21-7-9-22(10-8-21)18-19-5-12-25-18)15-3-1-6-20(13-15)14-16-4-2-11-24-16/h2,4-5,11-12,15H,1,3,6-10,13-14H2/t15-/m0/s1. The fraction of sp³-hybridized carbons (Fsp3) is 0.556. The molecule has 4 rings (SSSR count). The molecule has 0 N–H and O–H groups in total. The number of nitrogens with zero attached hydrogens (tertiary/aromatic N) is 4. The normalized spacial score (nSPS) is 22.3. The second kappa shape index (κ2) is 7.58. The van der Waals surface area contributed by atoms with Crippen molar-refractivity contribution in [3.63, 3.8) is 0 Å². The highest BCUT2D eigenvalue weighted by Crippen LogP contribution is 2.23. The van der Waals surface area contributed by atoms with Crippen LogP contribution in [-0.2, 0) is 11.3 Å². The Hall–Kier alpha value is -1.86. The average Bonchev–Trinajstić information content (AvgIpc) is 3.35. The van der Waals surface area contributed by atoms with Crippen LogP contribution in [0.15, 0.2) is 34.4 Å². The third kappa shape index (κ3) is 3.88. The number of rotatable bonds is 4. The molecule has 6 nitrogen and oxygen atoms in total. The number of piperidine rings is 1. The van der Waals surface area contributed by atoms with E-state index >= 15 is 0 Å². The molecular weight excluding hydrogens is 336 g/mol. The third-order valence-electron chi connectivity index (χ3n) is 5.10. The zero-order valence-electron chi connectivity index (χ0n) is 14.3. The van der Waals surface area contributed by atoms with Gasteiger partial charge in [-0.3, -0.25) is 9.69 Å². The molecule has 0 saturated carbocycles. The molecule has 25 heavy (non-hydrogen) atoms. The molecule has 2 aliphatic heterocycles. The zero-order valence-corrected chi connectivity index (χ0v) is 15.2. The number of anilines is 1. The van der Waals surface area contributed by atoms with Crippen molar-refractivity contribution in [2.24, 2.45) is 5.92 Å². The number of carbonyl (C=O) groups is 1. The maximum atomic E-state index is 12.9. The monoisotopic (exact) mass is 360 g/mol. The molecule has 4 heterocycles. The summed E-state index contributed by atoms with van der Waals surface area (Å²) in [5.74, 6) is 1.42. The summed E-state index contributed by atoms with van der Waals surface area (Å²) in [5.41, 5.74) is 0. The Morgan fingerprint density at radius 2 is 2.16 bits per heavy atom. The molecule has 0 unspecified atom stereocenters. The van der Waals surface area contributed by atoms with Crippen molar-refractivity contribution in [2.45, 2.75) is 19.4 Å². The van der Waals surface area contributed by atoms with E-state index in [1.807, 2.05) is 28.6 Å². The smallest absolute Gasteiger partial charge is 0.227 e. The van der Waals surface area contributed by atoms with Gasteiger partial charge in [-0.05, 0) is 31.5 Å². The van der Waals surface area contributed by atoms with Crippen LogP contribution in [0.4, 0.5) is 5.13 Å². The second-order valence-corrected chi connectivity index (χ2v) is 7.65. The molecular formula is C18H24N4O2S. The lowest BCUT2D eigenvalue weighted by Gasteiger charge is -2.38. The van der Waals surface area contributed by atoms with Gasteiger partial charge in [0, 0.05) is 44.3 Å². The van der Waals surface area contributed by atoms with Gasteiger partial charge in [-0.2, -0.15) is 0 Å². The molecule has 2 saturated heterocycles. The number of furan rings is 1. The lowest BCUT2D eigenvalue weighted by atomic mass is 9.96. The molecule has 7 heteroatoms. The molecule has 2 fully saturated rings. The molecule has 1 amide bonds. The topological polar surface area (TPSA) is 52.8 Å². The Balaban J connectivity index is 1.30. The molecule has 134 valence electrons. The van der Waals surface area contributed by atoms with Crippen molar-refractivity contribution < 1.29 is 9.21 Å². The summed E-state index contributed by atoms with van der Waals surface area (Å²) in [6.07, 6.45) is 5.63. The van der Waals surface area contributed by atoms with E-state index < -0.39 is 0 Å². The second-order valence-electron chi connectivity index (χ2n) is 6.78. The van der Waals surface area contributed by atoms with Crippen LogP contribution in [0.1, 0.15) is 18.6 Å². The molecule has 0 aromatic carbocycles. The fourth-order valence-corrected chi connectivity index (χ4v) is 4.47. The first kappa shape index (κ1) is 16.6. The minimum Gasteiger partial charge on any atom is -0.468 e. The summed E-state index contributed by atoms with van der Waals surface area (Å²) in [6, 6.07) is 3.92. The van der Waals surface area contributed by atoms with Gasteiger partial charge in [0.15, 0.2) is 5.13 Å². The number of carbonyl (C=O) groups excluding carboxylic acids is 1. The predicted octanol–water partition coefficient (Wildman–Crippen LogP) is 2.30. The van der Waals surface area contributed by atoms with E-state index in [2.05, 4.69) is 14.8 Å². The molecule has 0 spiro atoms. The number of hydrogen-bond donors (Lipinski definition) is 0. The highest BCUT2D eigenvalue weighted by molar-refractivity contribution is 7.13. The quantitative estimate of drug-likeness (QED) is 0.837. The maximum Gasteiger partial charge on any atom is 0.227 e. The van der Waals surface area contributed by atoms with Gasteiger partial charge in [0.2, 0.25) is 5.91 Å². The Morgan fingerprint density at radius 1 is 1.28 bits per heavy atom. The largest absolute Gasteiger partial charge is 0.468 e. The highest BCUT2D eigenvalue weighted by Gasteiger charge is 2.31. The van der Waals surface area contributed by atoms with Crippen molar-refractivity contribution >= 4 is 22.4 Å². The number of hydrogen-bond acceptors (Lipinski definition) is 6. The van der Waals surface area contributed by atoms with Crippen molar-refractivity contribution in [2.75, 3.05) is 44.2 Å². The van der Waals surface area contributed by atoms with Gasteiger partial charge in [-0.15, -0.1) is 11.3 Å². The van der Waals surface area contributed by atoms with Crippen LogP contribution >= 0.6 is 11.3 Å². The Bertz CT molecular complexity index is 665. The van der Waals surface area contributed by atoms with Gasteiger partial charge in [0.25, 0.3) is 0 Å². The SMILES string of the molecule is O=C([C@H]1CCCN(Cc2ccco2)C1)N1CCN(c2nccs2)CC1. The summed E-state index contributed by atoms with van der Waals surface area (Å²) in [7, 11) is 0. The van der Waals surface area contributed by atoms with Crippen molar-refractivity contribution in [1.29, 1.82) is 0 Å². The summed E-state index contributed by atoms with van der Waals surface area (Å²) in [6.45, 7) is 6.04. The Morgan fingerprint density at radius 3 is 2.88 bits per heavy atom. The number of thiazole rings is 1. The molecule has 2 aromatic rings. The third-order valence-corrected chi connectivity index (χ3v) is 5.93. The van der Waals surface area contributed by atoms with Crippen LogP contribution in [0.5, 0.6) is 0 Å². The summed E-state index contributed by atoms with van der Waals surface area (Å²) >= 11 is 1.66. The first-order chi connectivity index (χ1) is 12.3. The van der Waals surface area contributed by atoms with E-state index in [-0.39, 0.29) is 5.92 Å². The van der Waals surface area contributed by atoms with E-state index in [9.17, 15) is 4.79 Å². The summed E-state index contributed by atoms with van der Waals surface area (Å²) in [5, 5.41) is 3.07. The van der Waals surface area contributed by atoms with Crippen LogP contribution in [0, 0.1) is 5.92 Å². The number of piperazine rings is 1. The zero-order chi connectivity index (χ0) is 17.1. The van der Waals surface area contributed by atoms with Gasteiger partial charge in [0.1, 0.15) is 5.76 Å². The fourth-order valence-electron chi connectivity index (χ4n) is 3.77. The molecule has 2 aliphatic rings. The van der Waals surface area contributed by atoms with Crippen LogP contribution in [-0.4, -0.2) is 60.0 Å². The molecule has 0 radical (unpaired) electrons. The minimum atomic E-state index is 0.120. The number of amides is 1. The van der Waals surface area contributed by atoms with E-state index in [0.717, 1.165) is 69.5 Å². The van der Waals surface area contributed by atoms with Crippen molar-refractivity contribution in [3.8, 4) is 0 Å². The Labute approximate surface area is 152 Å². The highest BCUT2D eigenvalue weighted by atomic mass is 32.1. The number of aromatic nitrogens is 1. The lowest BCUT2D eigenvalue weighted by Crippen LogP contribution is -2.52. The average molecular weight is 360 g/mol. The first-order valence-corrected chi connectivity index (χ1v) is 9.85. The molecule has 0 bridgehead atoms. The number of likely N-dealkylation sites (tertiary alicyclic amines) is 1.